The smallest absolute Gasteiger partial charge is 0.358 e. The van der Waals surface area contributed by atoms with Gasteiger partial charge in [-0.2, -0.15) is 9.90 Å². The fraction of sp³-hybridized carbons (Fsp3) is 0. The van der Waals surface area contributed by atoms with E-state index in [1.165, 1.54) is 18.2 Å². The molecular formula is C9H6FN3O2. The van der Waals surface area contributed by atoms with Crippen molar-refractivity contribution in [3.05, 3.63) is 42.0 Å². The monoisotopic (exact) mass is 207 g/mol. The minimum absolute atomic E-state index is 0.181. The van der Waals surface area contributed by atoms with E-state index in [0.717, 1.165) is 11.0 Å². The van der Waals surface area contributed by atoms with Crippen LogP contribution in [-0.2, 0) is 0 Å². The fourth-order valence-corrected chi connectivity index (χ4v) is 1.09. The second-order valence-corrected chi connectivity index (χ2v) is 2.80. The molecule has 1 aromatic heterocycles. The number of carboxylic acid groups (broad SMARTS) is 1. The molecular weight excluding hydrogens is 201 g/mol. The first-order valence-electron chi connectivity index (χ1n) is 4.08. The number of carboxylic acids is 1. The van der Waals surface area contributed by atoms with Gasteiger partial charge in [0.15, 0.2) is 5.69 Å². The highest BCUT2D eigenvalue weighted by Gasteiger charge is 2.09. The van der Waals surface area contributed by atoms with Crippen LogP contribution in [0.5, 0.6) is 0 Å². The molecule has 0 saturated carbocycles. The lowest BCUT2D eigenvalue weighted by Crippen LogP contribution is -2.02. The van der Waals surface area contributed by atoms with Gasteiger partial charge in [-0.1, -0.05) is 6.07 Å². The van der Waals surface area contributed by atoms with E-state index < -0.39 is 11.8 Å². The molecule has 6 heteroatoms. The third-order valence-electron chi connectivity index (χ3n) is 1.75. The largest absolute Gasteiger partial charge is 0.476 e. The van der Waals surface area contributed by atoms with Crippen molar-refractivity contribution < 1.29 is 14.3 Å². The molecule has 76 valence electrons. The Balaban J connectivity index is 2.41. The number of nitrogens with zero attached hydrogens (tertiary/aromatic N) is 3. The number of carbonyl (C=O) groups is 1. The summed E-state index contributed by atoms with van der Waals surface area (Å²) in [6.07, 6.45) is 1.10. The van der Waals surface area contributed by atoms with Crippen LogP contribution in [0.15, 0.2) is 30.5 Å². The minimum atomic E-state index is -1.17. The molecule has 0 spiro atoms. The standard InChI is InChI=1S/C9H6FN3O2/c10-6-2-1-3-7(4-6)13-11-5-8(12-13)9(14)15/h1-5H,(H,14,15). The van der Waals surface area contributed by atoms with Crippen molar-refractivity contribution in [2.24, 2.45) is 0 Å². The normalized spacial score (nSPS) is 10.2. The van der Waals surface area contributed by atoms with Crippen LogP contribution >= 0.6 is 0 Å². The van der Waals surface area contributed by atoms with E-state index in [4.69, 9.17) is 5.11 Å². The molecule has 0 amide bonds. The zero-order chi connectivity index (χ0) is 10.8. The van der Waals surface area contributed by atoms with Gasteiger partial charge < -0.3 is 5.11 Å². The molecule has 0 bridgehead atoms. The first kappa shape index (κ1) is 9.32. The van der Waals surface area contributed by atoms with Crippen LogP contribution in [0.2, 0.25) is 0 Å². The van der Waals surface area contributed by atoms with Crippen molar-refractivity contribution in [3.8, 4) is 5.69 Å². The lowest BCUT2D eigenvalue weighted by atomic mass is 10.3. The molecule has 0 unspecified atom stereocenters. The van der Waals surface area contributed by atoms with Gasteiger partial charge in [-0.15, -0.1) is 5.10 Å². The molecule has 0 aliphatic rings. The number of benzene rings is 1. The van der Waals surface area contributed by atoms with Gasteiger partial charge in [-0.3, -0.25) is 0 Å². The van der Waals surface area contributed by atoms with E-state index in [9.17, 15) is 9.18 Å². The van der Waals surface area contributed by atoms with Gasteiger partial charge in [0.2, 0.25) is 0 Å². The Kier molecular flexibility index (Phi) is 2.17. The summed E-state index contributed by atoms with van der Waals surface area (Å²) in [4.78, 5) is 11.6. The number of hydrogen-bond donors (Lipinski definition) is 1. The molecule has 1 heterocycles. The van der Waals surface area contributed by atoms with Gasteiger partial charge in [0, 0.05) is 6.07 Å². The second kappa shape index (κ2) is 3.49. The lowest BCUT2D eigenvalue weighted by molar-refractivity contribution is 0.0690. The molecule has 0 saturated heterocycles. The predicted octanol–water partition coefficient (Wildman–Crippen LogP) is 1.10. The first-order valence-corrected chi connectivity index (χ1v) is 4.08. The summed E-state index contributed by atoms with van der Waals surface area (Å²) < 4.78 is 12.8. The quantitative estimate of drug-likeness (QED) is 0.800. The summed E-state index contributed by atoms with van der Waals surface area (Å²) in [6.45, 7) is 0. The molecule has 0 fully saturated rings. The van der Waals surface area contributed by atoms with E-state index >= 15 is 0 Å². The zero-order valence-corrected chi connectivity index (χ0v) is 7.46. The summed E-state index contributed by atoms with van der Waals surface area (Å²) in [5.41, 5.74) is 0.196. The minimum Gasteiger partial charge on any atom is -0.476 e. The maximum absolute atomic E-state index is 12.8. The number of rotatable bonds is 2. The summed E-state index contributed by atoms with van der Waals surface area (Å²) >= 11 is 0. The Morgan fingerprint density at radius 1 is 1.47 bits per heavy atom. The highest BCUT2D eigenvalue weighted by Crippen LogP contribution is 2.07. The maximum Gasteiger partial charge on any atom is 0.358 e. The predicted molar refractivity (Wildman–Crippen MR) is 48.3 cm³/mol. The van der Waals surface area contributed by atoms with Crippen molar-refractivity contribution in [2.75, 3.05) is 0 Å². The van der Waals surface area contributed by atoms with E-state index in [0.29, 0.717) is 5.69 Å². The van der Waals surface area contributed by atoms with E-state index in [-0.39, 0.29) is 5.69 Å². The molecule has 0 aliphatic heterocycles. The summed E-state index contributed by atoms with van der Waals surface area (Å²) in [7, 11) is 0. The summed E-state index contributed by atoms with van der Waals surface area (Å²) in [6, 6.07) is 5.57. The maximum atomic E-state index is 12.8. The third-order valence-corrected chi connectivity index (χ3v) is 1.75. The van der Waals surface area contributed by atoms with Crippen molar-refractivity contribution in [2.45, 2.75) is 0 Å². The Labute approximate surface area is 83.8 Å². The van der Waals surface area contributed by atoms with Crippen LogP contribution in [0.1, 0.15) is 10.5 Å². The fourth-order valence-electron chi connectivity index (χ4n) is 1.09. The summed E-state index contributed by atoms with van der Waals surface area (Å²) in [5, 5.41) is 16.0. The van der Waals surface area contributed by atoms with Crippen LogP contribution in [-0.4, -0.2) is 26.1 Å². The van der Waals surface area contributed by atoms with Gasteiger partial charge >= 0.3 is 5.97 Å². The van der Waals surface area contributed by atoms with Gasteiger partial charge in [-0.05, 0) is 12.1 Å². The molecule has 0 atom stereocenters. The average molecular weight is 207 g/mol. The molecule has 0 aliphatic carbocycles. The van der Waals surface area contributed by atoms with Gasteiger partial charge in [0.25, 0.3) is 0 Å². The lowest BCUT2D eigenvalue weighted by Gasteiger charge is -1.97. The molecule has 1 aromatic carbocycles. The van der Waals surface area contributed by atoms with Crippen LogP contribution in [0.25, 0.3) is 5.69 Å². The zero-order valence-electron chi connectivity index (χ0n) is 7.46. The van der Waals surface area contributed by atoms with Crippen molar-refractivity contribution >= 4 is 5.97 Å². The van der Waals surface area contributed by atoms with Crippen LogP contribution in [0.3, 0.4) is 0 Å². The highest BCUT2D eigenvalue weighted by atomic mass is 19.1. The Morgan fingerprint density at radius 2 is 2.27 bits per heavy atom. The second-order valence-electron chi connectivity index (χ2n) is 2.80. The number of aromatic carboxylic acids is 1. The molecule has 0 radical (unpaired) electrons. The Morgan fingerprint density at radius 3 is 2.87 bits per heavy atom. The Bertz CT molecular complexity index is 510. The number of halogens is 1. The van der Waals surface area contributed by atoms with E-state index in [1.807, 2.05) is 0 Å². The molecule has 2 rings (SSSR count). The topological polar surface area (TPSA) is 68.0 Å². The van der Waals surface area contributed by atoms with Gasteiger partial charge in [0.05, 0.1) is 11.9 Å². The van der Waals surface area contributed by atoms with Gasteiger partial charge in [-0.25, -0.2) is 9.18 Å². The molecule has 15 heavy (non-hydrogen) atoms. The van der Waals surface area contributed by atoms with Crippen molar-refractivity contribution in [3.63, 3.8) is 0 Å². The molecule has 1 N–H and O–H groups in total. The van der Waals surface area contributed by atoms with Gasteiger partial charge in [0.1, 0.15) is 5.82 Å². The summed E-state index contributed by atoms with van der Waals surface area (Å²) in [5.74, 6) is -1.60. The number of hydrogen-bond acceptors (Lipinski definition) is 3. The van der Waals surface area contributed by atoms with Crippen LogP contribution in [0.4, 0.5) is 4.39 Å². The third kappa shape index (κ3) is 1.83. The van der Waals surface area contributed by atoms with Crippen molar-refractivity contribution in [1.82, 2.24) is 15.0 Å². The Hall–Kier alpha value is -2.24. The molecule has 2 aromatic rings. The van der Waals surface area contributed by atoms with Crippen molar-refractivity contribution in [1.29, 1.82) is 0 Å². The van der Waals surface area contributed by atoms with E-state index in [1.54, 1.807) is 6.07 Å². The van der Waals surface area contributed by atoms with Crippen LogP contribution < -0.4 is 0 Å². The first-order chi connectivity index (χ1) is 7.16. The average Bonchev–Trinajstić information content (AvgIpc) is 2.66. The molecule has 5 nitrogen and oxygen atoms in total. The number of aromatic nitrogens is 3. The SMILES string of the molecule is O=C(O)c1cnn(-c2cccc(F)c2)n1. The highest BCUT2D eigenvalue weighted by molar-refractivity contribution is 5.84. The van der Waals surface area contributed by atoms with E-state index in [2.05, 4.69) is 10.2 Å². The van der Waals surface area contributed by atoms with Crippen LogP contribution in [0, 0.1) is 5.82 Å².